The van der Waals surface area contributed by atoms with Crippen LogP contribution in [0.4, 0.5) is 5.82 Å². The predicted octanol–water partition coefficient (Wildman–Crippen LogP) is 0.808. The summed E-state index contributed by atoms with van der Waals surface area (Å²) in [5, 5.41) is 15.2. The molecule has 3 rings (SSSR count). The fourth-order valence-corrected chi connectivity index (χ4v) is 3.40. The topological polar surface area (TPSA) is 97.8 Å². The number of likely N-dealkylation sites (N-methyl/N-ethyl adjacent to an activating group) is 2. The van der Waals surface area contributed by atoms with Gasteiger partial charge < -0.3 is 14.9 Å². The van der Waals surface area contributed by atoms with E-state index in [2.05, 4.69) is 39.2 Å². The maximum atomic E-state index is 11.7. The number of amides is 2. The number of hydrogen-bond donors (Lipinski definition) is 3. The lowest BCUT2D eigenvalue weighted by Crippen LogP contribution is -2.46. The number of nitrogens with zero attached hydrogens (tertiary/aromatic N) is 3. The maximum absolute atomic E-state index is 11.7. The second kappa shape index (κ2) is 10.6. The van der Waals surface area contributed by atoms with E-state index in [0.717, 1.165) is 44.1 Å². The SMILES string of the molecule is CCN1CCN(c2ccc(O)c(-c3ccc(C#C[C@H](NC)C(=O)NC=O)cc3)n2)CC1. The normalized spacial score (nSPS) is 15.0. The highest BCUT2D eigenvalue weighted by molar-refractivity contribution is 5.92. The van der Waals surface area contributed by atoms with Crippen LogP contribution in [0.25, 0.3) is 11.3 Å². The third-order valence-corrected chi connectivity index (χ3v) is 5.27. The highest BCUT2D eigenvalue weighted by Gasteiger charge is 2.18. The quantitative estimate of drug-likeness (QED) is 0.469. The molecule has 2 heterocycles. The van der Waals surface area contributed by atoms with Crippen molar-refractivity contribution in [2.75, 3.05) is 44.7 Å². The number of nitrogens with one attached hydrogen (secondary N) is 2. The van der Waals surface area contributed by atoms with Crippen LogP contribution in [0.15, 0.2) is 36.4 Å². The molecule has 1 aromatic heterocycles. The number of benzene rings is 1. The van der Waals surface area contributed by atoms with Gasteiger partial charge in [0, 0.05) is 37.3 Å². The van der Waals surface area contributed by atoms with Gasteiger partial charge in [0.05, 0.1) is 0 Å². The number of carbonyl (C=O) groups excluding carboxylic acids is 2. The molecule has 0 saturated carbocycles. The van der Waals surface area contributed by atoms with Crippen LogP contribution in [0.3, 0.4) is 0 Å². The molecule has 1 aromatic carbocycles. The number of aromatic nitrogens is 1. The fraction of sp³-hybridized carbons (Fsp3) is 0.348. The molecule has 0 spiro atoms. The van der Waals surface area contributed by atoms with E-state index in [1.54, 1.807) is 25.2 Å². The molecule has 1 atom stereocenters. The number of aromatic hydroxyl groups is 1. The molecule has 8 heteroatoms. The summed E-state index contributed by atoms with van der Waals surface area (Å²) < 4.78 is 0. The molecule has 1 aliphatic heterocycles. The Morgan fingerprint density at radius 1 is 1.19 bits per heavy atom. The number of piperazine rings is 1. The number of pyridine rings is 1. The van der Waals surface area contributed by atoms with Crippen LogP contribution in [0.1, 0.15) is 12.5 Å². The van der Waals surface area contributed by atoms with Crippen LogP contribution in [0, 0.1) is 11.8 Å². The third kappa shape index (κ3) is 5.60. The van der Waals surface area contributed by atoms with E-state index in [-0.39, 0.29) is 5.75 Å². The summed E-state index contributed by atoms with van der Waals surface area (Å²) in [4.78, 5) is 31.5. The van der Waals surface area contributed by atoms with Gasteiger partial charge in [-0.1, -0.05) is 30.9 Å². The molecule has 8 nitrogen and oxygen atoms in total. The molecule has 0 bridgehead atoms. The van der Waals surface area contributed by atoms with E-state index >= 15 is 0 Å². The third-order valence-electron chi connectivity index (χ3n) is 5.27. The standard InChI is InChI=1S/C23H27N5O3/c1-3-27-12-14-28(15-13-27)21-11-10-20(30)22(26-21)18-7-4-17(5-8-18)6-9-19(24-2)23(31)25-16-29/h4-5,7-8,10-11,16,19,24,30H,3,12-15H2,1-2H3,(H,25,29,31)/t19-/m0/s1. The Morgan fingerprint density at radius 3 is 2.52 bits per heavy atom. The second-order valence-corrected chi connectivity index (χ2v) is 7.15. The maximum Gasteiger partial charge on any atom is 0.255 e. The molecule has 2 aromatic rings. The molecule has 1 aliphatic rings. The van der Waals surface area contributed by atoms with Crippen LogP contribution in [-0.4, -0.2) is 73.1 Å². The Kier molecular flexibility index (Phi) is 7.60. The molecule has 0 aliphatic carbocycles. The van der Waals surface area contributed by atoms with Gasteiger partial charge in [-0.15, -0.1) is 0 Å². The van der Waals surface area contributed by atoms with E-state index in [9.17, 15) is 14.7 Å². The average Bonchev–Trinajstić information content (AvgIpc) is 2.80. The Labute approximate surface area is 182 Å². The van der Waals surface area contributed by atoms with Crippen molar-refractivity contribution in [3.63, 3.8) is 0 Å². The smallest absolute Gasteiger partial charge is 0.255 e. The van der Waals surface area contributed by atoms with Gasteiger partial charge >= 0.3 is 0 Å². The lowest BCUT2D eigenvalue weighted by Gasteiger charge is -2.34. The lowest BCUT2D eigenvalue weighted by molar-refractivity contribution is -0.125. The first-order chi connectivity index (χ1) is 15.0. The van der Waals surface area contributed by atoms with E-state index in [1.165, 1.54) is 0 Å². The van der Waals surface area contributed by atoms with Gasteiger partial charge in [-0.2, -0.15) is 0 Å². The molecule has 2 amide bonds. The summed E-state index contributed by atoms with van der Waals surface area (Å²) in [5.74, 6) is 6.18. The monoisotopic (exact) mass is 421 g/mol. The van der Waals surface area contributed by atoms with Crippen molar-refractivity contribution in [3.05, 3.63) is 42.0 Å². The van der Waals surface area contributed by atoms with Crippen molar-refractivity contribution in [2.45, 2.75) is 13.0 Å². The first-order valence-electron chi connectivity index (χ1n) is 10.3. The van der Waals surface area contributed by atoms with Gasteiger partial charge in [0.15, 0.2) is 0 Å². The molecule has 162 valence electrons. The molecule has 0 radical (unpaired) electrons. The van der Waals surface area contributed by atoms with Crippen molar-refractivity contribution >= 4 is 18.1 Å². The Morgan fingerprint density at radius 2 is 1.90 bits per heavy atom. The highest BCUT2D eigenvalue weighted by atomic mass is 16.3. The van der Waals surface area contributed by atoms with E-state index < -0.39 is 11.9 Å². The van der Waals surface area contributed by atoms with Crippen LogP contribution in [0.5, 0.6) is 5.75 Å². The number of anilines is 1. The summed E-state index contributed by atoms with van der Waals surface area (Å²) in [6.45, 7) is 7.03. The Bertz CT molecular complexity index is 973. The predicted molar refractivity (Wildman–Crippen MR) is 120 cm³/mol. The summed E-state index contributed by atoms with van der Waals surface area (Å²) in [6, 6.07) is 10.0. The van der Waals surface area contributed by atoms with Gasteiger partial charge in [-0.25, -0.2) is 4.98 Å². The number of rotatable bonds is 6. The largest absolute Gasteiger partial charge is 0.506 e. The zero-order chi connectivity index (χ0) is 22.2. The van der Waals surface area contributed by atoms with E-state index in [1.807, 2.05) is 18.2 Å². The lowest BCUT2D eigenvalue weighted by atomic mass is 10.1. The summed E-state index contributed by atoms with van der Waals surface area (Å²) >= 11 is 0. The molecular formula is C23H27N5O3. The molecule has 0 unspecified atom stereocenters. The van der Waals surface area contributed by atoms with Crippen molar-refractivity contribution in [2.24, 2.45) is 0 Å². The van der Waals surface area contributed by atoms with Crippen molar-refractivity contribution < 1.29 is 14.7 Å². The molecule has 1 fully saturated rings. The zero-order valence-corrected chi connectivity index (χ0v) is 17.8. The number of carbonyl (C=O) groups is 2. The van der Waals surface area contributed by atoms with Crippen molar-refractivity contribution in [1.82, 2.24) is 20.5 Å². The van der Waals surface area contributed by atoms with Crippen molar-refractivity contribution in [3.8, 4) is 28.8 Å². The van der Waals surface area contributed by atoms with Crippen LogP contribution in [0.2, 0.25) is 0 Å². The summed E-state index contributed by atoms with van der Waals surface area (Å²) in [7, 11) is 1.59. The minimum atomic E-state index is -0.791. The van der Waals surface area contributed by atoms with Gasteiger partial charge in [0.2, 0.25) is 6.41 Å². The van der Waals surface area contributed by atoms with Crippen LogP contribution in [-0.2, 0) is 9.59 Å². The van der Waals surface area contributed by atoms with E-state index in [4.69, 9.17) is 4.98 Å². The molecular weight excluding hydrogens is 394 g/mol. The molecule has 31 heavy (non-hydrogen) atoms. The molecule has 3 N–H and O–H groups in total. The van der Waals surface area contributed by atoms with Crippen molar-refractivity contribution in [1.29, 1.82) is 0 Å². The summed E-state index contributed by atoms with van der Waals surface area (Å²) in [6.07, 6.45) is 0.334. The Balaban J connectivity index is 1.76. The fourth-order valence-electron chi connectivity index (χ4n) is 3.40. The first-order valence-corrected chi connectivity index (χ1v) is 10.3. The zero-order valence-electron chi connectivity index (χ0n) is 17.8. The minimum Gasteiger partial charge on any atom is -0.506 e. The highest BCUT2D eigenvalue weighted by Crippen LogP contribution is 2.30. The van der Waals surface area contributed by atoms with Crippen LogP contribution < -0.4 is 15.5 Å². The number of hydrogen-bond acceptors (Lipinski definition) is 7. The Hall–Kier alpha value is -3.41. The summed E-state index contributed by atoms with van der Waals surface area (Å²) in [5.41, 5.74) is 2.00. The minimum absolute atomic E-state index is 0.121. The van der Waals surface area contributed by atoms with Gasteiger partial charge in [0.1, 0.15) is 23.3 Å². The second-order valence-electron chi connectivity index (χ2n) is 7.15. The van der Waals surface area contributed by atoms with Gasteiger partial charge in [-0.05, 0) is 37.9 Å². The van der Waals surface area contributed by atoms with Crippen LogP contribution >= 0.6 is 0 Å². The van der Waals surface area contributed by atoms with Gasteiger partial charge in [-0.3, -0.25) is 20.2 Å². The van der Waals surface area contributed by atoms with E-state index in [0.29, 0.717) is 17.7 Å². The number of imide groups is 1. The van der Waals surface area contributed by atoms with Gasteiger partial charge in [0.25, 0.3) is 5.91 Å². The average molecular weight is 422 g/mol. The first kappa shape index (κ1) is 22.3. The molecule has 1 saturated heterocycles.